The molecule has 1 aliphatic heterocycles. The van der Waals surface area contributed by atoms with Gasteiger partial charge in [0, 0.05) is 17.1 Å². The fourth-order valence-electron chi connectivity index (χ4n) is 2.16. The van der Waals surface area contributed by atoms with Gasteiger partial charge in [0.25, 0.3) is 5.91 Å². The number of alkyl halides is 1. The van der Waals surface area contributed by atoms with E-state index in [0.717, 1.165) is 23.2 Å². The largest absolute Gasteiger partial charge is 0.465 e. The molecule has 0 unspecified atom stereocenters. The zero-order chi connectivity index (χ0) is 13.2. The monoisotopic (exact) mass is 273 g/mol. The molecule has 0 bridgehead atoms. The summed E-state index contributed by atoms with van der Waals surface area (Å²) in [5.41, 5.74) is 3.49. The maximum Gasteiger partial charge on any atom is 0.256 e. The van der Waals surface area contributed by atoms with Crippen LogP contribution in [0.5, 0.6) is 0 Å². The number of anilines is 1. The van der Waals surface area contributed by atoms with Crippen molar-refractivity contribution < 1.29 is 9.21 Å². The molecule has 0 spiro atoms. The summed E-state index contributed by atoms with van der Waals surface area (Å²) in [5.74, 6) is 1.13. The van der Waals surface area contributed by atoms with E-state index in [1.807, 2.05) is 24.3 Å². The molecule has 3 nitrogen and oxygen atoms in total. The Morgan fingerprint density at radius 2 is 2.21 bits per heavy atom. The number of aryl methyl sites for hydroxylation is 1. The van der Waals surface area contributed by atoms with Gasteiger partial charge in [-0.2, -0.15) is 0 Å². The average Bonchev–Trinajstić information content (AvgIpc) is 3.00. The van der Waals surface area contributed by atoms with Gasteiger partial charge in [-0.05, 0) is 42.3 Å². The molecule has 1 N–H and O–H groups in total. The highest BCUT2D eigenvalue weighted by atomic mass is 35.5. The van der Waals surface area contributed by atoms with Gasteiger partial charge in [0.15, 0.2) is 0 Å². The smallest absolute Gasteiger partial charge is 0.256 e. The van der Waals surface area contributed by atoms with Crippen molar-refractivity contribution in [3.05, 3.63) is 53.5 Å². The molecule has 96 valence electrons. The van der Waals surface area contributed by atoms with Crippen molar-refractivity contribution in [1.29, 1.82) is 0 Å². The van der Waals surface area contributed by atoms with Crippen LogP contribution >= 0.6 is 11.6 Å². The van der Waals surface area contributed by atoms with E-state index in [1.165, 1.54) is 0 Å². The molecule has 0 aliphatic carbocycles. The van der Waals surface area contributed by atoms with Crippen LogP contribution in [0.25, 0.3) is 11.6 Å². The molecule has 2 heterocycles. The van der Waals surface area contributed by atoms with E-state index >= 15 is 0 Å². The molecule has 0 atom stereocenters. The predicted octanol–water partition coefficient (Wildman–Crippen LogP) is 3.55. The zero-order valence-electron chi connectivity index (χ0n) is 10.2. The van der Waals surface area contributed by atoms with Gasteiger partial charge in [-0.25, -0.2) is 0 Å². The topological polar surface area (TPSA) is 42.2 Å². The second-order valence-corrected chi connectivity index (χ2v) is 4.72. The molecule has 0 saturated carbocycles. The first-order chi connectivity index (χ1) is 9.28. The standard InChI is InChI=1S/C15H12ClNO2/c16-6-5-10-3-4-14-12(8-10)13(15(18)17-14)9-11-2-1-7-19-11/h1-4,7-9H,5-6H2,(H,17,18). The number of carbonyl (C=O) groups is 1. The van der Waals surface area contributed by atoms with Crippen LogP contribution < -0.4 is 5.32 Å². The summed E-state index contributed by atoms with van der Waals surface area (Å²) in [5, 5.41) is 2.85. The Balaban J connectivity index is 2.05. The third-order valence-electron chi connectivity index (χ3n) is 3.08. The van der Waals surface area contributed by atoms with E-state index < -0.39 is 0 Å². The van der Waals surface area contributed by atoms with E-state index in [1.54, 1.807) is 18.4 Å². The molecule has 3 rings (SSSR count). The summed E-state index contributed by atoms with van der Waals surface area (Å²) in [7, 11) is 0. The third-order valence-corrected chi connectivity index (χ3v) is 3.27. The molecule has 0 radical (unpaired) electrons. The number of hydrogen-bond donors (Lipinski definition) is 1. The fraction of sp³-hybridized carbons (Fsp3) is 0.133. The van der Waals surface area contributed by atoms with Crippen molar-refractivity contribution in [2.75, 3.05) is 11.2 Å². The first kappa shape index (κ1) is 12.1. The summed E-state index contributed by atoms with van der Waals surface area (Å²) >= 11 is 5.75. The van der Waals surface area contributed by atoms with Crippen molar-refractivity contribution in [3.8, 4) is 0 Å². The summed E-state index contributed by atoms with van der Waals surface area (Å²) in [6.45, 7) is 0. The molecule has 4 heteroatoms. The molecule has 19 heavy (non-hydrogen) atoms. The Hall–Kier alpha value is -2.00. The van der Waals surface area contributed by atoms with Crippen molar-refractivity contribution in [1.82, 2.24) is 0 Å². The van der Waals surface area contributed by atoms with Gasteiger partial charge in [0.05, 0.1) is 11.8 Å². The number of hydrogen-bond acceptors (Lipinski definition) is 2. The maximum atomic E-state index is 12.0. The Morgan fingerprint density at radius 1 is 1.32 bits per heavy atom. The van der Waals surface area contributed by atoms with Gasteiger partial charge in [0.1, 0.15) is 5.76 Å². The molecule has 0 saturated heterocycles. The van der Waals surface area contributed by atoms with Crippen molar-refractivity contribution >= 4 is 34.8 Å². The number of fused-ring (bicyclic) bond motifs is 1. The minimum Gasteiger partial charge on any atom is -0.465 e. The van der Waals surface area contributed by atoms with E-state index in [-0.39, 0.29) is 5.91 Å². The summed E-state index contributed by atoms with van der Waals surface area (Å²) in [4.78, 5) is 12.0. The minimum absolute atomic E-state index is 0.102. The fourth-order valence-corrected chi connectivity index (χ4v) is 2.38. The van der Waals surface area contributed by atoms with Crippen LogP contribution in [0.4, 0.5) is 5.69 Å². The lowest BCUT2D eigenvalue weighted by atomic mass is 10.0. The number of rotatable bonds is 3. The van der Waals surface area contributed by atoms with Gasteiger partial charge in [-0.1, -0.05) is 6.07 Å². The average molecular weight is 274 g/mol. The Morgan fingerprint density at radius 3 is 2.95 bits per heavy atom. The predicted molar refractivity (Wildman–Crippen MR) is 76.1 cm³/mol. The number of amides is 1. The second-order valence-electron chi connectivity index (χ2n) is 4.35. The van der Waals surface area contributed by atoms with Crippen molar-refractivity contribution in [3.63, 3.8) is 0 Å². The van der Waals surface area contributed by atoms with E-state index in [9.17, 15) is 4.79 Å². The molecule has 1 aromatic heterocycles. The third kappa shape index (κ3) is 2.29. The van der Waals surface area contributed by atoms with Gasteiger partial charge in [0.2, 0.25) is 0 Å². The van der Waals surface area contributed by atoms with Gasteiger partial charge in [-0.3, -0.25) is 4.79 Å². The summed E-state index contributed by atoms with van der Waals surface area (Å²) in [6, 6.07) is 9.52. The van der Waals surface area contributed by atoms with Crippen LogP contribution in [0.15, 0.2) is 41.0 Å². The first-order valence-corrected chi connectivity index (χ1v) is 6.57. The van der Waals surface area contributed by atoms with Crippen molar-refractivity contribution in [2.45, 2.75) is 6.42 Å². The van der Waals surface area contributed by atoms with Crippen LogP contribution in [0.2, 0.25) is 0 Å². The Kier molecular flexibility index (Phi) is 3.13. The molecule has 1 aromatic carbocycles. The van der Waals surface area contributed by atoms with Crippen molar-refractivity contribution in [2.24, 2.45) is 0 Å². The highest BCUT2D eigenvalue weighted by molar-refractivity contribution is 6.34. The second kappa shape index (κ2) is 4.94. The van der Waals surface area contributed by atoms with E-state index in [2.05, 4.69) is 5.32 Å². The number of furan rings is 1. The number of nitrogens with one attached hydrogen (secondary N) is 1. The Bertz CT molecular complexity index is 644. The molecular formula is C15H12ClNO2. The SMILES string of the molecule is O=C1Nc2ccc(CCCl)cc2C1=Cc1ccco1. The lowest BCUT2D eigenvalue weighted by Gasteiger charge is -2.02. The maximum absolute atomic E-state index is 12.0. The summed E-state index contributed by atoms with van der Waals surface area (Å²) in [6.07, 6.45) is 4.13. The molecule has 1 amide bonds. The van der Waals surface area contributed by atoms with Crippen LogP contribution in [0.1, 0.15) is 16.9 Å². The number of carbonyl (C=O) groups excluding carboxylic acids is 1. The lowest BCUT2D eigenvalue weighted by molar-refractivity contribution is -0.110. The van der Waals surface area contributed by atoms with Gasteiger partial charge in [-0.15, -0.1) is 11.6 Å². The van der Waals surface area contributed by atoms with E-state index in [4.69, 9.17) is 16.0 Å². The van der Waals surface area contributed by atoms with Gasteiger partial charge >= 0.3 is 0 Å². The van der Waals surface area contributed by atoms with Gasteiger partial charge < -0.3 is 9.73 Å². The van der Waals surface area contributed by atoms with Crippen LogP contribution in [-0.4, -0.2) is 11.8 Å². The van der Waals surface area contributed by atoms with E-state index in [0.29, 0.717) is 17.2 Å². The quantitative estimate of drug-likeness (QED) is 0.686. The zero-order valence-corrected chi connectivity index (χ0v) is 10.9. The molecule has 1 aliphatic rings. The highest BCUT2D eigenvalue weighted by Crippen LogP contribution is 2.34. The lowest BCUT2D eigenvalue weighted by Crippen LogP contribution is -2.03. The number of halogens is 1. The normalized spacial score (nSPS) is 15.6. The molecule has 0 fully saturated rings. The Labute approximate surface area is 115 Å². The van der Waals surface area contributed by atoms with Crippen LogP contribution in [0, 0.1) is 0 Å². The molecular weight excluding hydrogens is 262 g/mol. The van der Waals surface area contributed by atoms with Crippen LogP contribution in [-0.2, 0) is 11.2 Å². The summed E-state index contributed by atoms with van der Waals surface area (Å²) < 4.78 is 5.26. The minimum atomic E-state index is -0.102. The number of benzene rings is 1. The highest BCUT2D eigenvalue weighted by Gasteiger charge is 2.24. The van der Waals surface area contributed by atoms with Crippen LogP contribution in [0.3, 0.4) is 0 Å². The molecule has 2 aromatic rings. The first-order valence-electron chi connectivity index (χ1n) is 6.04.